The molecule has 2 amide bonds. The van der Waals surface area contributed by atoms with Crippen LogP contribution in [0.25, 0.3) is 0 Å². The van der Waals surface area contributed by atoms with Gasteiger partial charge in [0.25, 0.3) is 0 Å². The van der Waals surface area contributed by atoms with Crippen LogP contribution >= 0.6 is 0 Å². The number of carbonyl (C=O) groups is 2. The summed E-state index contributed by atoms with van der Waals surface area (Å²) in [6.07, 6.45) is 3.84. The summed E-state index contributed by atoms with van der Waals surface area (Å²) < 4.78 is 5.43. The minimum Gasteiger partial charge on any atom is -0.444 e. The summed E-state index contributed by atoms with van der Waals surface area (Å²) in [6, 6.07) is -0.325. The Balaban J connectivity index is 1.61. The predicted octanol–water partition coefficient (Wildman–Crippen LogP) is 1.94. The highest BCUT2D eigenvalue weighted by Crippen LogP contribution is 2.39. The van der Waals surface area contributed by atoms with Crippen molar-refractivity contribution < 1.29 is 14.3 Å². The lowest BCUT2D eigenvalue weighted by molar-refractivity contribution is -0.144. The zero-order valence-electron chi connectivity index (χ0n) is 15.5. The number of hydrogen-bond donors (Lipinski definition) is 0. The van der Waals surface area contributed by atoms with Gasteiger partial charge in [0.05, 0.1) is 0 Å². The van der Waals surface area contributed by atoms with Gasteiger partial charge in [-0.15, -0.1) is 0 Å². The number of ether oxygens (including phenoxy) is 1. The van der Waals surface area contributed by atoms with Gasteiger partial charge in [-0.25, -0.2) is 4.79 Å². The maximum Gasteiger partial charge on any atom is 0.410 e. The van der Waals surface area contributed by atoms with E-state index in [-0.39, 0.29) is 23.5 Å². The van der Waals surface area contributed by atoms with Crippen molar-refractivity contribution in [1.82, 2.24) is 14.7 Å². The van der Waals surface area contributed by atoms with Crippen molar-refractivity contribution >= 4 is 12.0 Å². The maximum absolute atomic E-state index is 12.9. The van der Waals surface area contributed by atoms with Gasteiger partial charge in [0.1, 0.15) is 11.6 Å². The van der Waals surface area contributed by atoms with Crippen LogP contribution in [-0.2, 0) is 9.53 Å². The highest BCUT2D eigenvalue weighted by atomic mass is 16.6. The molecule has 136 valence electrons. The molecule has 0 radical (unpaired) electrons. The first-order valence-corrected chi connectivity index (χ1v) is 9.16. The van der Waals surface area contributed by atoms with E-state index in [0.717, 1.165) is 39.0 Å². The zero-order chi connectivity index (χ0) is 17.5. The molecule has 0 aromatic heterocycles. The lowest BCUT2D eigenvalue weighted by atomic mass is 9.79. The first-order valence-electron chi connectivity index (χ1n) is 9.16. The molecule has 0 saturated carbocycles. The molecular formula is C18H31N3O3. The summed E-state index contributed by atoms with van der Waals surface area (Å²) in [6.45, 7) is 10.0. The van der Waals surface area contributed by atoms with Gasteiger partial charge in [0.2, 0.25) is 5.91 Å². The van der Waals surface area contributed by atoms with Crippen molar-refractivity contribution in [2.24, 2.45) is 5.41 Å². The Bertz CT molecular complexity index is 512. The molecule has 0 aromatic carbocycles. The van der Waals surface area contributed by atoms with Gasteiger partial charge in [-0.2, -0.15) is 0 Å². The van der Waals surface area contributed by atoms with Gasteiger partial charge in [-0.3, -0.25) is 9.69 Å². The molecule has 0 aliphatic carbocycles. The van der Waals surface area contributed by atoms with Crippen LogP contribution < -0.4 is 0 Å². The SMILES string of the molecule is CN1CC[C@]2(CCCN(C(=O)[C@H]3CCN3C(=O)OC(C)(C)C)C2)C1. The average Bonchev–Trinajstić information content (AvgIpc) is 2.76. The Kier molecular flexibility index (Phi) is 4.53. The van der Waals surface area contributed by atoms with E-state index in [2.05, 4.69) is 11.9 Å². The molecule has 1 spiro atoms. The van der Waals surface area contributed by atoms with E-state index in [1.807, 2.05) is 25.7 Å². The number of carbonyl (C=O) groups excluding carboxylic acids is 2. The largest absolute Gasteiger partial charge is 0.444 e. The molecular weight excluding hydrogens is 306 g/mol. The second-order valence-electron chi connectivity index (χ2n) is 8.83. The molecule has 24 heavy (non-hydrogen) atoms. The fourth-order valence-electron chi connectivity index (χ4n) is 4.28. The summed E-state index contributed by atoms with van der Waals surface area (Å²) in [4.78, 5) is 31.2. The zero-order valence-corrected chi connectivity index (χ0v) is 15.5. The smallest absolute Gasteiger partial charge is 0.410 e. The number of nitrogens with zero attached hydrogens (tertiary/aromatic N) is 3. The molecule has 0 unspecified atom stereocenters. The Morgan fingerprint density at radius 2 is 1.83 bits per heavy atom. The van der Waals surface area contributed by atoms with Crippen molar-refractivity contribution in [3.63, 3.8) is 0 Å². The van der Waals surface area contributed by atoms with Crippen LogP contribution in [0.3, 0.4) is 0 Å². The van der Waals surface area contributed by atoms with Gasteiger partial charge in [-0.05, 0) is 60.0 Å². The number of likely N-dealkylation sites (tertiary alicyclic amines) is 3. The number of amides is 2. The van der Waals surface area contributed by atoms with E-state index in [0.29, 0.717) is 6.54 Å². The molecule has 3 heterocycles. The van der Waals surface area contributed by atoms with E-state index in [4.69, 9.17) is 4.74 Å². The third kappa shape index (κ3) is 3.53. The average molecular weight is 337 g/mol. The maximum atomic E-state index is 12.9. The van der Waals surface area contributed by atoms with Crippen molar-refractivity contribution in [2.45, 2.75) is 58.1 Å². The first-order chi connectivity index (χ1) is 11.2. The van der Waals surface area contributed by atoms with E-state index in [1.165, 1.54) is 12.8 Å². The number of rotatable bonds is 1. The highest BCUT2D eigenvalue weighted by Gasteiger charge is 2.46. The van der Waals surface area contributed by atoms with Crippen LogP contribution in [0.15, 0.2) is 0 Å². The molecule has 0 bridgehead atoms. The van der Waals surface area contributed by atoms with Gasteiger partial charge in [-0.1, -0.05) is 0 Å². The lowest BCUT2D eigenvalue weighted by Gasteiger charge is -2.46. The van der Waals surface area contributed by atoms with Crippen molar-refractivity contribution in [3.8, 4) is 0 Å². The molecule has 3 saturated heterocycles. The van der Waals surface area contributed by atoms with E-state index in [1.54, 1.807) is 4.90 Å². The fraction of sp³-hybridized carbons (Fsp3) is 0.889. The fourth-order valence-corrected chi connectivity index (χ4v) is 4.28. The monoisotopic (exact) mass is 337 g/mol. The summed E-state index contributed by atoms with van der Waals surface area (Å²) in [5.41, 5.74) is -0.257. The minimum atomic E-state index is -0.524. The van der Waals surface area contributed by atoms with Gasteiger partial charge >= 0.3 is 6.09 Å². The summed E-state index contributed by atoms with van der Waals surface area (Å²) in [5.74, 6) is 0.112. The van der Waals surface area contributed by atoms with Gasteiger partial charge in [0.15, 0.2) is 0 Å². The van der Waals surface area contributed by atoms with E-state index in [9.17, 15) is 9.59 Å². The van der Waals surface area contributed by atoms with Crippen LogP contribution in [0.4, 0.5) is 4.79 Å². The van der Waals surface area contributed by atoms with Crippen molar-refractivity contribution in [2.75, 3.05) is 39.8 Å². The van der Waals surface area contributed by atoms with Crippen LogP contribution in [0, 0.1) is 5.41 Å². The van der Waals surface area contributed by atoms with Gasteiger partial charge in [0, 0.05) is 31.6 Å². The molecule has 3 aliphatic heterocycles. The second-order valence-corrected chi connectivity index (χ2v) is 8.83. The van der Waals surface area contributed by atoms with Crippen molar-refractivity contribution in [3.05, 3.63) is 0 Å². The summed E-state index contributed by atoms with van der Waals surface area (Å²) in [5, 5.41) is 0. The molecule has 3 aliphatic rings. The predicted molar refractivity (Wildman–Crippen MR) is 91.7 cm³/mol. The number of hydrogen-bond acceptors (Lipinski definition) is 4. The summed E-state index contributed by atoms with van der Waals surface area (Å²) >= 11 is 0. The lowest BCUT2D eigenvalue weighted by Crippen LogP contribution is -2.61. The second kappa shape index (κ2) is 6.21. The molecule has 2 atom stereocenters. The Hall–Kier alpha value is -1.30. The minimum absolute atomic E-state index is 0.112. The van der Waals surface area contributed by atoms with E-state index >= 15 is 0 Å². The van der Waals surface area contributed by atoms with Crippen LogP contribution in [-0.4, -0.2) is 78.1 Å². The quantitative estimate of drug-likeness (QED) is 0.734. The van der Waals surface area contributed by atoms with Crippen LogP contribution in [0.2, 0.25) is 0 Å². The van der Waals surface area contributed by atoms with E-state index < -0.39 is 5.60 Å². The molecule has 3 fully saturated rings. The number of piperidine rings is 1. The Morgan fingerprint density at radius 1 is 1.08 bits per heavy atom. The third-order valence-electron chi connectivity index (χ3n) is 5.53. The molecule has 0 aromatic rings. The molecule has 0 N–H and O–H groups in total. The molecule has 6 heteroatoms. The van der Waals surface area contributed by atoms with Crippen LogP contribution in [0.5, 0.6) is 0 Å². The standard InChI is InChI=1S/C18H31N3O3/c1-17(2,3)24-16(23)21-10-6-14(21)15(22)20-9-5-7-18(13-20)8-11-19(4)12-18/h14H,5-13H2,1-4H3/t14-,18-/m1/s1. The normalized spacial score (nSPS) is 31.2. The molecule has 3 rings (SSSR count). The highest BCUT2D eigenvalue weighted by molar-refractivity contribution is 5.87. The Morgan fingerprint density at radius 3 is 2.38 bits per heavy atom. The topological polar surface area (TPSA) is 53.1 Å². The molecule has 6 nitrogen and oxygen atoms in total. The van der Waals surface area contributed by atoms with Crippen molar-refractivity contribution in [1.29, 1.82) is 0 Å². The van der Waals surface area contributed by atoms with Crippen LogP contribution in [0.1, 0.15) is 46.5 Å². The van der Waals surface area contributed by atoms with Gasteiger partial charge < -0.3 is 14.5 Å². The summed E-state index contributed by atoms with van der Waals surface area (Å²) in [7, 11) is 2.16. The first kappa shape index (κ1) is 17.5. The third-order valence-corrected chi connectivity index (χ3v) is 5.53. The Labute approximate surface area is 145 Å².